The first-order valence-corrected chi connectivity index (χ1v) is 11.8. The fourth-order valence-corrected chi connectivity index (χ4v) is 4.80. The predicted octanol–water partition coefficient (Wildman–Crippen LogP) is 3.58. The van der Waals surface area contributed by atoms with Gasteiger partial charge in [-0.25, -0.2) is 13.6 Å². The van der Waals surface area contributed by atoms with E-state index in [2.05, 4.69) is 22.4 Å². The number of aromatic nitrogens is 2. The van der Waals surface area contributed by atoms with Gasteiger partial charge in [0.15, 0.2) is 0 Å². The normalized spacial score (nSPS) is 16.5. The molecule has 1 aliphatic rings. The summed E-state index contributed by atoms with van der Waals surface area (Å²) in [5, 5.41) is 16.4. The van der Waals surface area contributed by atoms with Crippen molar-refractivity contribution < 1.29 is 13.2 Å². The van der Waals surface area contributed by atoms with E-state index in [1.165, 1.54) is 31.4 Å². The molecule has 158 valence electrons. The highest BCUT2D eigenvalue weighted by Gasteiger charge is 2.22. The van der Waals surface area contributed by atoms with Crippen LogP contribution in [-0.4, -0.2) is 30.6 Å². The number of hydrogen-bond acceptors (Lipinski definition) is 4. The van der Waals surface area contributed by atoms with Gasteiger partial charge in [0.05, 0.1) is 16.1 Å². The molecule has 0 spiro atoms. The molecule has 30 heavy (non-hydrogen) atoms. The molecule has 4 N–H and O–H groups in total. The topological polar surface area (TPSA) is 118 Å². The Labute approximate surface area is 176 Å². The summed E-state index contributed by atoms with van der Waals surface area (Å²) in [5.41, 5.74) is 2.50. The first-order valence-electron chi connectivity index (χ1n) is 10.2. The number of aromatic amines is 1. The highest BCUT2D eigenvalue weighted by Crippen LogP contribution is 2.29. The second-order valence-electron chi connectivity index (χ2n) is 8.07. The molecule has 3 aromatic rings. The molecular formula is C22H26N4O3S. The zero-order chi connectivity index (χ0) is 21.3. The van der Waals surface area contributed by atoms with Gasteiger partial charge in [-0.2, -0.15) is 5.10 Å². The van der Waals surface area contributed by atoms with Crippen LogP contribution in [0.4, 0.5) is 0 Å². The Balaban J connectivity index is 1.62. The monoisotopic (exact) mass is 426 g/mol. The lowest BCUT2D eigenvalue weighted by molar-refractivity contribution is 0.0919. The summed E-state index contributed by atoms with van der Waals surface area (Å²) in [7, 11) is -3.82. The van der Waals surface area contributed by atoms with Gasteiger partial charge in [-0.05, 0) is 56.0 Å². The molecule has 0 unspecified atom stereocenters. The fraction of sp³-hybridized carbons (Fsp3) is 0.364. The number of rotatable bonds is 5. The lowest BCUT2D eigenvalue weighted by Crippen LogP contribution is -2.38. The summed E-state index contributed by atoms with van der Waals surface area (Å²) >= 11 is 0. The van der Waals surface area contributed by atoms with Crippen LogP contribution in [0.5, 0.6) is 0 Å². The van der Waals surface area contributed by atoms with Gasteiger partial charge < -0.3 is 5.32 Å². The number of fused-ring (bicyclic) bond motifs is 1. The highest BCUT2D eigenvalue weighted by molar-refractivity contribution is 7.89. The SMILES string of the molecule is C[C@H](NC(=O)c1ccc2[nH]nc(-c3cccc(S(N)(=O)=O)c3)c2c1)C1CCCCC1. The number of sulfonamides is 1. The minimum atomic E-state index is -3.82. The standard InChI is InChI=1S/C22H26N4O3S/c1-14(15-6-3-2-4-7-15)24-22(27)17-10-11-20-19(13-17)21(26-25-20)16-8-5-9-18(12-16)30(23,28)29/h5,8-15H,2-4,6-7H2,1H3,(H,24,27)(H,25,26)(H2,23,28,29)/t14-/m0/s1. The maximum Gasteiger partial charge on any atom is 0.251 e. The lowest BCUT2D eigenvalue weighted by Gasteiger charge is -2.28. The van der Waals surface area contributed by atoms with Crippen molar-refractivity contribution in [3.8, 4) is 11.3 Å². The molecule has 1 atom stereocenters. The average Bonchev–Trinajstić information content (AvgIpc) is 3.17. The van der Waals surface area contributed by atoms with E-state index in [9.17, 15) is 13.2 Å². The van der Waals surface area contributed by atoms with Crippen LogP contribution in [0.2, 0.25) is 0 Å². The van der Waals surface area contributed by atoms with Gasteiger partial charge in [-0.3, -0.25) is 9.89 Å². The van der Waals surface area contributed by atoms with Crippen molar-refractivity contribution in [2.24, 2.45) is 11.1 Å². The first-order chi connectivity index (χ1) is 14.3. The Morgan fingerprint density at radius 1 is 1.17 bits per heavy atom. The second-order valence-corrected chi connectivity index (χ2v) is 9.63. The number of H-pyrrole nitrogens is 1. The van der Waals surface area contributed by atoms with E-state index in [1.807, 2.05) is 6.07 Å². The van der Waals surface area contributed by atoms with E-state index in [0.717, 1.165) is 23.7 Å². The largest absolute Gasteiger partial charge is 0.349 e. The number of amides is 1. The number of carbonyl (C=O) groups excluding carboxylic acids is 1. The molecule has 7 nitrogen and oxygen atoms in total. The molecule has 1 amide bonds. The van der Waals surface area contributed by atoms with Gasteiger partial charge in [0.25, 0.3) is 5.91 Å². The molecule has 1 heterocycles. The van der Waals surface area contributed by atoms with Crippen molar-refractivity contribution in [3.05, 3.63) is 48.0 Å². The predicted molar refractivity (Wildman–Crippen MR) is 116 cm³/mol. The molecule has 0 radical (unpaired) electrons. The van der Waals surface area contributed by atoms with Gasteiger partial charge in [-0.1, -0.05) is 31.4 Å². The Kier molecular flexibility index (Phi) is 5.62. The Bertz CT molecular complexity index is 1180. The van der Waals surface area contributed by atoms with E-state index in [4.69, 9.17) is 5.14 Å². The third-order valence-corrected chi connectivity index (χ3v) is 6.89. The number of nitrogens with one attached hydrogen (secondary N) is 2. The molecule has 1 saturated carbocycles. The van der Waals surface area contributed by atoms with E-state index in [-0.39, 0.29) is 16.8 Å². The van der Waals surface area contributed by atoms with Crippen molar-refractivity contribution >= 4 is 26.8 Å². The number of primary sulfonamides is 1. The molecule has 2 aromatic carbocycles. The van der Waals surface area contributed by atoms with Crippen LogP contribution in [0.1, 0.15) is 49.4 Å². The maximum atomic E-state index is 12.9. The molecule has 0 bridgehead atoms. The van der Waals surface area contributed by atoms with Gasteiger partial charge in [0, 0.05) is 22.6 Å². The van der Waals surface area contributed by atoms with E-state index in [0.29, 0.717) is 22.7 Å². The van der Waals surface area contributed by atoms with Gasteiger partial charge in [0.2, 0.25) is 10.0 Å². The molecule has 1 aromatic heterocycles. The Hall–Kier alpha value is -2.71. The van der Waals surface area contributed by atoms with Crippen LogP contribution in [0.25, 0.3) is 22.2 Å². The minimum Gasteiger partial charge on any atom is -0.349 e. The molecule has 0 saturated heterocycles. The first kappa shape index (κ1) is 20.6. The number of nitrogens with zero attached hydrogens (tertiary/aromatic N) is 1. The fourth-order valence-electron chi connectivity index (χ4n) is 4.24. The van der Waals surface area contributed by atoms with Crippen LogP contribution >= 0.6 is 0 Å². The average molecular weight is 427 g/mol. The summed E-state index contributed by atoms with van der Waals surface area (Å²) < 4.78 is 23.4. The molecule has 4 rings (SSSR count). The smallest absolute Gasteiger partial charge is 0.251 e. The summed E-state index contributed by atoms with van der Waals surface area (Å²) in [5.74, 6) is 0.414. The number of carbonyl (C=O) groups is 1. The van der Waals surface area contributed by atoms with Crippen LogP contribution in [0.3, 0.4) is 0 Å². The van der Waals surface area contributed by atoms with Crippen LogP contribution in [0, 0.1) is 5.92 Å². The van der Waals surface area contributed by atoms with Gasteiger partial charge in [0.1, 0.15) is 0 Å². The summed E-state index contributed by atoms with van der Waals surface area (Å²) in [6.45, 7) is 2.08. The Morgan fingerprint density at radius 2 is 1.93 bits per heavy atom. The quantitative estimate of drug-likeness (QED) is 0.578. The third-order valence-electron chi connectivity index (χ3n) is 5.98. The molecule has 1 fully saturated rings. The van der Waals surface area contributed by atoms with Crippen LogP contribution < -0.4 is 10.5 Å². The summed E-state index contributed by atoms with van der Waals surface area (Å²) in [4.78, 5) is 12.9. The lowest BCUT2D eigenvalue weighted by atomic mass is 9.84. The van der Waals surface area contributed by atoms with E-state index < -0.39 is 10.0 Å². The third kappa shape index (κ3) is 4.24. The molecule has 1 aliphatic carbocycles. The highest BCUT2D eigenvalue weighted by atomic mass is 32.2. The van der Waals surface area contributed by atoms with Crippen molar-refractivity contribution in [2.45, 2.75) is 50.0 Å². The van der Waals surface area contributed by atoms with Crippen molar-refractivity contribution in [1.82, 2.24) is 15.5 Å². The van der Waals surface area contributed by atoms with Gasteiger partial charge in [-0.15, -0.1) is 0 Å². The van der Waals surface area contributed by atoms with E-state index in [1.54, 1.807) is 24.3 Å². The molecule has 0 aliphatic heterocycles. The molecular weight excluding hydrogens is 400 g/mol. The minimum absolute atomic E-state index is 0.0198. The Morgan fingerprint density at radius 3 is 2.67 bits per heavy atom. The van der Waals surface area contributed by atoms with Crippen molar-refractivity contribution in [1.29, 1.82) is 0 Å². The van der Waals surface area contributed by atoms with E-state index >= 15 is 0 Å². The second kappa shape index (κ2) is 8.20. The number of nitrogens with two attached hydrogens (primary N) is 1. The van der Waals surface area contributed by atoms with Crippen molar-refractivity contribution in [3.63, 3.8) is 0 Å². The molecule has 8 heteroatoms. The van der Waals surface area contributed by atoms with Gasteiger partial charge >= 0.3 is 0 Å². The van der Waals surface area contributed by atoms with Crippen molar-refractivity contribution in [2.75, 3.05) is 0 Å². The number of hydrogen-bond donors (Lipinski definition) is 3. The zero-order valence-corrected chi connectivity index (χ0v) is 17.7. The summed E-state index contributed by atoms with van der Waals surface area (Å²) in [6, 6.07) is 11.8. The number of benzene rings is 2. The van der Waals surface area contributed by atoms with Crippen LogP contribution in [0.15, 0.2) is 47.4 Å². The van der Waals surface area contributed by atoms with Crippen LogP contribution in [-0.2, 0) is 10.0 Å². The maximum absolute atomic E-state index is 12.9. The summed E-state index contributed by atoms with van der Waals surface area (Å²) in [6.07, 6.45) is 6.06. The zero-order valence-electron chi connectivity index (χ0n) is 16.9.